The van der Waals surface area contributed by atoms with Crippen molar-refractivity contribution in [1.82, 2.24) is 20.1 Å². The van der Waals surface area contributed by atoms with E-state index in [4.69, 9.17) is 5.10 Å². The monoisotopic (exact) mass is 492 g/mol. The van der Waals surface area contributed by atoms with Crippen molar-refractivity contribution < 1.29 is 18.3 Å². The molecule has 1 amide bonds. The molecule has 3 heterocycles. The predicted octanol–water partition coefficient (Wildman–Crippen LogP) is 5.36. The zero-order chi connectivity index (χ0) is 24.2. The summed E-state index contributed by atoms with van der Waals surface area (Å²) in [7, 11) is -2.60. The number of rotatable bonds is 5. The molecule has 9 heteroatoms. The zero-order valence-electron chi connectivity index (χ0n) is 18.9. The van der Waals surface area contributed by atoms with Gasteiger partial charge in [-0.1, -0.05) is 18.2 Å². The fourth-order valence-electron chi connectivity index (χ4n) is 4.70. The Morgan fingerprint density at radius 2 is 1.94 bits per heavy atom. The molecule has 180 valence electrons. The highest BCUT2D eigenvalue weighted by Crippen LogP contribution is 2.45. The van der Waals surface area contributed by atoms with Crippen LogP contribution in [0.4, 0.5) is 4.39 Å². The first-order valence-corrected chi connectivity index (χ1v) is 13.5. The summed E-state index contributed by atoms with van der Waals surface area (Å²) < 4.78 is 35.0. The summed E-state index contributed by atoms with van der Waals surface area (Å²) in [5, 5.41) is 8.61. The van der Waals surface area contributed by atoms with Crippen molar-refractivity contribution in [3.8, 4) is 17.1 Å². The average molecular weight is 493 g/mol. The third-order valence-corrected chi connectivity index (χ3v) is 8.50. The van der Waals surface area contributed by atoms with Crippen LogP contribution >= 0.6 is 10.6 Å². The number of hydrogen-bond donors (Lipinski definition) is 3. The first kappa shape index (κ1) is 22.2. The Kier molecular flexibility index (Phi) is 5.36. The first-order valence-electron chi connectivity index (χ1n) is 11.7. The molecule has 1 saturated carbocycles. The van der Waals surface area contributed by atoms with Gasteiger partial charge in [-0.15, -0.1) is 0 Å². The second-order valence-corrected chi connectivity index (χ2v) is 11.7. The SMILES string of the molecule is O=C(NC1CCS(O)(O)C1)c1ccc2c(-c3cccc(C4CC4)c3)nn(-c3ccc(F)cn3)c2c1. The van der Waals surface area contributed by atoms with Gasteiger partial charge < -0.3 is 5.32 Å². The maximum atomic E-state index is 13.6. The van der Waals surface area contributed by atoms with Gasteiger partial charge in [-0.25, -0.2) is 14.1 Å². The van der Waals surface area contributed by atoms with Crippen LogP contribution in [-0.4, -0.2) is 47.3 Å². The van der Waals surface area contributed by atoms with Crippen LogP contribution in [0.5, 0.6) is 0 Å². The number of carbonyl (C=O) groups excluding carboxylic acids is 1. The topological polar surface area (TPSA) is 100 Å². The Labute approximate surface area is 203 Å². The Morgan fingerprint density at radius 3 is 2.66 bits per heavy atom. The molecule has 2 aromatic carbocycles. The van der Waals surface area contributed by atoms with Gasteiger partial charge in [0.05, 0.1) is 17.5 Å². The van der Waals surface area contributed by atoms with E-state index in [0.717, 1.165) is 22.8 Å². The summed E-state index contributed by atoms with van der Waals surface area (Å²) in [5.74, 6) is 0.814. The van der Waals surface area contributed by atoms with E-state index < -0.39 is 16.4 Å². The number of fused-ring (bicyclic) bond motifs is 1. The lowest BCUT2D eigenvalue weighted by atomic mass is 10.0. The van der Waals surface area contributed by atoms with Crippen LogP contribution < -0.4 is 5.32 Å². The van der Waals surface area contributed by atoms with Crippen molar-refractivity contribution in [3.05, 3.63) is 77.7 Å². The molecule has 0 radical (unpaired) electrons. The smallest absolute Gasteiger partial charge is 0.251 e. The maximum Gasteiger partial charge on any atom is 0.251 e. The standard InChI is InChI=1S/C26H25FN4O3S/c27-20-7-9-24(28-14-20)31-23-13-19(26(32)29-21-10-11-35(33,34)15-21)6-8-22(23)25(30-31)18-3-1-2-17(12-18)16-4-5-16/h1-3,6-9,12-14,16,21,33-34H,4-5,10-11,15H2,(H,29,32). The zero-order valence-corrected chi connectivity index (χ0v) is 19.7. The Morgan fingerprint density at radius 1 is 1.09 bits per heavy atom. The van der Waals surface area contributed by atoms with Crippen LogP contribution in [0.25, 0.3) is 28.0 Å². The summed E-state index contributed by atoms with van der Waals surface area (Å²) >= 11 is 0. The molecule has 2 fully saturated rings. The molecule has 3 N–H and O–H groups in total. The number of aromatic nitrogens is 3. The van der Waals surface area contributed by atoms with E-state index in [2.05, 4.69) is 22.4 Å². The van der Waals surface area contributed by atoms with Gasteiger partial charge in [-0.05, 0) is 67.1 Å². The van der Waals surface area contributed by atoms with Crippen LogP contribution in [0.2, 0.25) is 0 Å². The minimum Gasteiger partial charge on any atom is -0.348 e. The summed E-state index contributed by atoms with van der Waals surface area (Å²) in [5.41, 5.74) is 4.16. The molecule has 7 nitrogen and oxygen atoms in total. The van der Waals surface area contributed by atoms with E-state index in [-0.39, 0.29) is 17.7 Å². The third-order valence-electron chi connectivity index (χ3n) is 6.68. The number of nitrogens with one attached hydrogen (secondary N) is 1. The van der Waals surface area contributed by atoms with Crippen molar-refractivity contribution in [2.45, 2.75) is 31.2 Å². The van der Waals surface area contributed by atoms with Crippen LogP contribution in [0.1, 0.15) is 41.1 Å². The van der Waals surface area contributed by atoms with E-state index in [9.17, 15) is 18.3 Å². The maximum absolute atomic E-state index is 13.6. The van der Waals surface area contributed by atoms with Gasteiger partial charge in [0.15, 0.2) is 5.82 Å². The molecule has 1 atom stereocenters. The van der Waals surface area contributed by atoms with Gasteiger partial charge in [0.2, 0.25) is 0 Å². The van der Waals surface area contributed by atoms with Crippen LogP contribution in [-0.2, 0) is 0 Å². The number of halogens is 1. The number of benzene rings is 2. The molecule has 0 spiro atoms. The minimum atomic E-state index is -2.60. The highest BCUT2D eigenvalue weighted by Gasteiger charge is 2.30. The second-order valence-electron chi connectivity index (χ2n) is 9.36. The normalized spacial score (nSPS) is 20.1. The predicted molar refractivity (Wildman–Crippen MR) is 135 cm³/mol. The highest BCUT2D eigenvalue weighted by molar-refractivity contribution is 8.24. The molecule has 4 aromatic rings. The minimum absolute atomic E-state index is 0.180. The van der Waals surface area contributed by atoms with Crippen LogP contribution in [0, 0.1) is 5.82 Å². The van der Waals surface area contributed by atoms with E-state index in [0.29, 0.717) is 35.0 Å². The lowest BCUT2D eigenvalue weighted by Crippen LogP contribution is -2.35. The van der Waals surface area contributed by atoms with Gasteiger partial charge in [-0.3, -0.25) is 13.9 Å². The number of pyridine rings is 1. The summed E-state index contributed by atoms with van der Waals surface area (Å²) in [6.07, 6.45) is 4.08. The molecule has 1 unspecified atom stereocenters. The van der Waals surface area contributed by atoms with Crippen molar-refractivity contribution in [3.63, 3.8) is 0 Å². The van der Waals surface area contributed by atoms with Crippen molar-refractivity contribution in [1.29, 1.82) is 0 Å². The number of hydrogen-bond acceptors (Lipinski definition) is 5. The summed E-state index contributed by atoms with van der Waals surface area (Å²) in [6.45, 7) is 0. The highest BCUT2D eigenvalue weighted by atomic mass is 32.3. The lowest BCUT2D eigenvalue weighted by Gasteiger charge is -2.26. The second kappa shape index (κ2) is 8.44. The summed E-state index contributed by atoms with van der Waals surface area (Å²) in [4.78, 5) is 17.2. The lowest BCUT2D eigenvalue weighted by molar-refractivity contribution is 0.0941. The molecule has 2 aliphatic rings. The van der Waals surface area contributed by atoms with Gasteiger partial charge in [0.1, 0.15) is 11.5 Å². The molecule has 2 aromatic heterocycles. The van der Waals surface area contributed by atoms with Crippen molar-refractivity contribution in [2.24, 2.45) is 0 Å². The van der Waals surface area contributed by atoms with Crippen molar-refractivity contribution in [2.75, 3.05) is 11.5 Å². The molecule has 1 saturated heterocycles. The molecule has 35 heavy (non-hydrogen) atoms. The Hall–Kier alpha value is -3.27. The largest absolute Gasteiger partial charge is 0.348 e. The molecule has 6 rings (SSSR count). The van der Waals surface area contributed by atoms with E-state index in [1.54, 1.807) is 22.9 Å². The van der Waals surface area contributed by atoms with Gasteiger partial charge >= 0.3 is 0 Å². The van der Waals surface area contributed by atoms with Gasteiger partial charge in [0.25, 0.3) is 5.91 Å². The van der Waals surface area contributed by atoms with Crippen molar-refractivity contribution >= 4 is 27.4 Å². The van der Waals surface area contributed by atoms with E-state index in [1.165, 1.54) is 24.5 Å². The van der Waals surface area contributed by atoms with Gasteiger partial charge in [-0.2, -0.15) is 15.7 Å². The number of amides is 1. The summed E-state index contributed by atoms with van der Waals surface area (Å²) in [6, 6.07) is 16.4. The first-order chi connectivity index (χ1) is 16.9. The Balaban J connectivity index is 1.42. The van der Waals surface area contributed by atoms with Crippen LogP contribution in [0.3, 0.4) is 0 Å². The fourth-order valence-corrected chi connectivity index (χ4v) is 6.42. The molecule has 0 bridgehead atoms. The molecule has 1 aliphatic carbocycles. The van der Waals surface area contributed by atoms with Gasteiger partial charge in [0, 0.05) is 28.3 Å². The average Bonchev–Trinajstić information content (AvgIpc) is 3.55. The molecule has 1 aliphatic heterocycles. The molecular formula is C26H25FN4O3S. The van der Waals surface area contributed by atoms with Crippen LogP contribution in [0.15, 0.2) is 60.8 Å². The Bertz CT molecular complexity index is 1430. The quantitative estimate of drug-likeness (QED) is 0.348. The van der Waals surface area contributed by atoms with E-state index in [1.807, 2.05) is 18.2 Å². The molecular weight excluding hydrogens is 467 g/mol. The fraction of sp³-hybridized carbons (Fsp3) is 0.269. The third kappa shape index (κ3) is 4.42. The number of carbonyl (C=O) groups is 1. The van der Waals surface area contributed by atoms with E-state index >= 15 is 0 Å². The number of nitrogens with zero attached hydrogens (tertiary/aromatic N) is 3.